The number of aryl methyl sites for hydroxylation is 1. The van der Waals surface area contributed by atoms with Gasteiger partial charge in [0.1, 0.15) is 17.0 Å². The van der Waals surface area contributed by atoms with E-state index in [4.69, 9.17) is 4.74 Å². The first-order valence-corrected chi connectivity index (χ1v) is 14.9. The first kappa shape index (κ1) is 28.6. The molecule has 1 aromatic heterocycles. The van der Waals surface area contributed by atoms with Crippen molar-refractivity contribution < 1.29 is 14.9 Å². The van der Waals surface area contributed by atoms with Crippen LogP contribution in [0.15, 0.2) is 102 Å². The van der Waals surface area contributed by atoms with E-state index < -0.39 is 6.10 Å². The number of fused-ring (bicyclic) bond motifs is 1. The van der Waals surface area contributed by atoms with Crippen LogP contribution in [0.3, 0.4) is 0 Å². The lowest BCUT2D eigenvalue weighted by Crippen LogP contribution is -2.30. The molecule has 1 unspecified atom stereocenters. The summed E-state index contributed by atoms with van der Waals surface area (Å²) in [6.07, 6.45) is 3.19. The number of H-pyrrole nitrogens is 1. The number of nitrogens with one attached hydrogen (secondary N) is 1. The number of unbranched alkanes of at least 4 members (excludes halogenated alkanes) is 1. The van der Waals surface area contributed by atoms with E-state index in [0.29, 0.717) is 35.5 Å². The van der Waals surface area contributed by atoms with Crippen molar-refractivity contribution in [2.45, 2.75) is 38.3 Å². The molecule has 6 nitrogen and oxygen atoms in total. The van der Waals surface area contributed by atoms with Crippen molar-refractivity contribution in [3.8, 4) is 11.5 Å². The van der Waals surface area contributed by atoms with E-state index in [-0.39, 0.29) is 10.6 Å². The largest absolute Gasteiger partial charge is 0.506 e. The standard InChI is InChI=1S/C34H36N2O4S/c37-30-19-18-29(33-32(30)35-34(39)41-33)31(38)24-36(23-27-12-5-2-6-13-27)21-20-26-14-16-28(17-15-26)40-22-8-7-11-25-9-3-1-4-10-25/h1-6,9-10,12-19,31,37-38H,7-8,11,20-24H2,(H,35,39). The SMILES string of the molecule is O=c1[nH]c2c(O)ccc(C(O)CN(CCc3ccc(OCCCCc4ccccc4)cc3)Cc3ccccc3)c2s1. The van der Waals surface area contributed by atoms with Crippen LogP contribution in [0.1, 0.15) is 41.2 Å². The molecule has 0 bridgehead atoms. The Morgan fingerprint density at radius 2 is 1.49 bits per heavy atom. The minimum absolute atomic E-state index is 0.00931. The average molecular weight is 569 g/mol. The number of aliphatic hydroxyl groups excluding tert-OH is 1. The number of hydrogen-bond acceptors (Lipinski definition) is 6. The summed E-state index contributed by atoms with van der Waals surface area (Å²) < 4.78 is 6.56. The number of nitrogens with zero attached hydrogens (tertiary/aromatic N) is 1. The highest BCUT2D eigenvalue weighted by Gasteiger charge is 2.19. The number of aromatic amines is 1. The van der Waals surface area contributed by atoms with Gasteiger partial charge in [-0.1, -0.05) is 90.2 Å². The maximum atomic E-state index is 12.0. The monoisotopic (exact) mass is 568 g/mol. The van der Waals surface area contributed by atoms with E-state index in [1.807, 2.05) is 36.4 Å². The van der Waals surface area contributed by atoms with Gasteiger partial charge in [0.15, 0.2) is 0 Å². The van der Waals surface area contributed by atoms with Crippen LogP contribution in [0.4, 0.5) is 0 Å². The molecular weight excluding hydrogens is 532 g/mol. The predicted molar refractivity (Wildman–Crippen MR) is 166 cm³/mol. The minimum atomic E-state index is -0.814. The third-order valence-electron chi connectivity index (χ3n) is 7.24. The van der Waals surface area contributed by atoms with Gasteiger partial charge >= 0.3 is 4.87 Å². The average Bonchev–Trinajstić information content (AvgIpc) is 3.40. The number of thiazole rings is 1. The molecule has 5 aromatic rings. The summed E-state index contributed by atoms with van der Waals surface area (Å²) in [7, 11) is 0. The van der Waals surface area contributed by atoms with Gasteiger partial charge in [-0.25, -0.2) is 0 Å². The number of phenolic OH excluding ortho intramolecular Hbond substituents is 1. The van der Waals surface area contributed by atoms with Crippen LogP contribution >= 0.6 is 11.3 Å². The van der Waals surface area contributed by atoms with Gasteiger partial charge in [0.05, 0.1) is 17.4 Å². The van der Waals surface area contributed by atoms with Crippen LogP contribution in [0.5, 0.6) is 11.5 Å². The zero-order valence-corrected chi connectivity index (χ0v) is 23.9. The lowest BCUT2D eigenvalue weighted by molar-refractivity contribution is 0.111. The summed E-state index contributed by atoms with van der Waals surface area (Å²) in [5.74, 6) is 0.891. The Hall–Kier alpha value is -3.91. The molecule has 212 valence electrons. The van der Waals surface area contributed by atoms with E-state index in [1.165, 1.54) is 17.2 Å². The van der Waals surface area contributed by atoms with Gasteiger partial charge in [0.2, 0.25) is 0 Å². The van der Waals surface area contributed by atoms with E-state index in [1.54, 1.807) is 6.07 Å². The van der Waals surface area contributed by atoms with Gasteiger partial charge in [-0.2, -0.15) is 0 Å². The van der Waals surface area contributed by atoms with Crippen molar-refractivity contribution >= 4 is 21.6 Å². The summed E-state index contributed by atoms with van der Waals surface area (Å²) in [5.41, 5.74) is 4.75. The molecule has 5 rings (SSSR count). The number of aromatic hydroxyl groups is 1. The summed E-state index contributed by atoms with van der Waals surface area (Å²) >= 11 is 1.01. The third-order valence-corrected chi connectivity index (χ3v) is 8.17. The maximum Gasteiger partial charge on any atom is 0.305 e. The van der Waals surface area contributed by atoms with Crippen LogP contribution in [0, 0.1) is 0 Å². The molecule has 1 atom stereocenters. The fourth-order valence-electron chi connectivity index (χ4n) is 5.03. The molecule has 0 aliphatic rings. The van der Waals surface area contributed by atoms with Crippen molar-refractivity contribution in [1.82, 2.24) is 9.88 Å². The number of aliphatic hydroxyl groups is 1. The molecule has 3 N–H and O–H groups in total. The van der Waals surface area contributed by atoms with E-state index in [2.05, 4.69) is 58.4 Å². The molecule has 7 heteroatoms. The van der Waals surface area contributed by atoms with Crippen LogP contribution in [0.25, 0.3) is 10.2 Å². The van der Waals surface area contributed by atoms with Crippen LogP contribution in [0.2, 0.25) is 0 Å². The second kappa shape index (κ2) is 14.1. The molecule has 4 aromatic carbocycles. The first-order chi connectivity index (χ1) is 20.0. The van der Waals surface area contributed by atoms with Gasteiger partial charge in [-0.15, -0.1) is 0 Å². The van der Waals surface area contributed by atoms with Crippen LogP contribution in [-0.4, -0.2) is 39.8 Å². The van der Waals surface area contributed by atoms with E-state index >= 15 is 0 Å². The Kier molecular flexibility index (Phi) is 9.86. The first-order valence-electron chi connectivity index (χ1n) is 14.1. The highest BCUT2D eigenvalue weighted by molar-refractivity contribution is 7.16. The number of phenols is 1. The highest BCUT2D eigenvalue weighted by Crippen LogP contribution is 2.32. The predicted octanol–water partition coefficient (Wildman–Crippen LogP) is 6.48. The minimum Gasteiger partial charge on any atom is -0.506 e. The third kappa shape index (κ3) is 8.07. The fraction of sp³-hybridized carbons (Fsp3) is 0.265. The zero-order valence-electron chi connectivity index (χ0n) is 23.0. The quantitative estimate of drug-likeness (QED) is 0.134. The number of benzene rings is 4. The molecule has 1 heterocycles. The number of rotatable bonds is 14. The molecule has 0 aliphatic carbocycles. The molecule has 0 amide bonds. The second-order valence-electron chi connectivity index (χ2n) is 10.3. The maximum absolute atomic E-state index is 12.0. The smallest absolute Gasteiger partial charge is 0.305 e. The second-order valence-corrected chi connectivity index (χ2v) is 11.3. The van der Waals surface area contributed by atoms with Crippen LogP contribution in [-0.2, 0) is 19.4 Å². The Morgan fingerprint density at radius 3 is 2.22 bits per heavy atom. The van der Waals surface area contributed by atoms with Gasteiger partial charge in [0, 0.05) is 25.2 Å². The highest BCUT2D eigenvalue weighted by atomic mass is 32.1. The Labute approximate surface area is 244 Å². The number of hydrogen-bond donors (Lipinski definition) is 3. The zero-order chi connectivity index (χ0) is 28.4. The van der Waals surface area contributed by atoms with E-state index in [0.717, 1.165) is 54.9 Å². The fourth-order valence-corrected chi connectivity index (χ4v) is 5.94. The van der Waals surface area contributed by atoms with Crippen LogP contribution < -0.4 is 9.61 Å². The Bertz CT molecular complexity index is 1570. The molecular formula is C34H36N2O4S. The summed E-state index contributed by atoms with van der Waals surface area (Å²) in [5, 5.41) is 21.4. The molecule has 0 spiro atoms. The van der Waals surface area contributed by atoms with Gasteiger partial charge in [0.25, 0.3) is 0 Å². The van der Waals surface area contributed by atoms with Crippen molar-refractivity contribution in [1.29, 1.82) is 0 Å². The lowest BCUT2D eigenvalue weighted by Gasteiger charge is -2.26. The molecule has 0 saturated carbocycles. The number of ether oxygens (including phenoxy) is 1. The number of aromatic nitrogens is 1. The molecule has 41 heavy (non-hydrogen) atoms. The Balaban J connectivity index is 1.17. The van der Waals surface area contributed by atoms with Crippen molar-refractivity contribution in [2.75, 3.05) is 19.7 Å². The summed E-state index contributed by atoms with van der Waals surface area (Å²) in [4.78, 5) is 16.6. The van der Waals surface area contributed by atoms with Gasteiger partial charge in [-0.05, 0) is 60.6 Å². The normalized spacial score (nSPS) is 12.1. The molecule has 0 aliphatic heterocycles. The summed E-state index contributed by atoms with van der Waals surface area (Å²) in [6, 6.07) is 32.3. The lowest BCUT2D eigenvalue weighted by atomic mass is 10.1. The summed E-state index contributed by atoms with van der Waals surface area (Å²) in [6.45, 7) is 2.53. The van der Waals surface area contributed by atoms with Gasteiger partial charge < -0.3 is 19.9 Å². The molecule has 0 radical (unpaired) electrons. The van der Waals surface area contributed by atoms with Gasteiger partial charge in [-0.3, -0.25) is 9.69 Å². The molecule has 0 saturated heterocycles. The van der Waals surface area contributed by atoms with Crippen molar-refractivity contribution in [3.05, 3.63) is 129 Å². The van der Waals surface area contributed by atoms with Crippen molar-refractivity contribution in [3.63, 3.8) is 0 Å². The topological polar surface area (TPSA) is 85.8 Å². The Morgan fingerprint density at radius 1 is 0.805 bits per heavy atom. The van der Waals surface area contributed by atoms with E-state index in [9.17, 15) is 15.0 Å². The molecule has 0 fully saturated rings. The van der Waals surface area contributed by atoms with Crippen molar-refractivity contribution in [2.24, 2.45) is 0 Å².